The molecule has 0 N–H and O–H groups in total. The summed E-state index contributed by atoms with van der Waals surface area (Å²) in [6.45, 7) is 6.62. The molecule has 1 unspecified atom stereocenters. The van der Waals surface area contributed by atoms with E-state index in [2.05, 4.69) is 46.7 Å². The highest BCUT2D eigenvalue weighted by atomic mass is 79.9. The van der Waals surface area contributed by atoms with Crippen molar-refractivity contribution >= 4 is 32.9 Å². The zero-order valence-corrected chi connectivity index (χ0v) is 11.6. The van der Waals surface area contributed by atoms with Crippen LogP contribution in [0.2, 0.25) is 0 Å². The number of hydrogen-bond donors (Lipinski definition) is 0. The van der Waals surface area contributed by atoms with Gasteiger partial charge in [-0.15, -0.1) is 0 Å². The van der Waals surface area contributed by atoms with E-state index in [-0.39, 0.29) is 0 Å². The molecule has 0 aromatic rings. The molecule has 0 saturated heterocycles. The molecule has 0 aromatic carbocycles. The second-order valence-corrected chi connectivity index (χ2v) is 6.04. The van der Waals surface area contributed by atoms with E-state index in [1.165, 1.54) is 11.6 Å². The highest BCUT2D eigenvalue weighted by Gasteiger charge is 2.20. The molecule has 1 heterocycles. The normalized spacial score (nSPS) is 21.5. The maximum atomic E-state index is 4.54. The van der Waals surface area contributed by atoms with Crippen LogP contribution < -0.4 is 0 Å². The minimum absolute atomic E-state index is 0.645. The summed E-state index contributed by atoms with van der Waals surface area (Å²) in [5, 5.41) is 2.91. The minimum Gasteiger partial charge on any atom is -0.355 e. The average molecular weight is 279 g/mol. The number of amidine groups is 1. The van der Waals surface area contributed by atoms with Gasteiger partial charge in [0.2, 0.25) is 0 Å². The first kappa shape index (κ1) is 12.4. The zero-order valence-electron chi connectivity index (χ0n) is 9.16. The fourth-order valence-corrected chi connectivity index (χ4v) is 2.77. The molecule has 1 aliphatic heterocycles. The summed E-state index contributed by atoms with van der Waals surface area (Å²) < 4.78 is 0. The molecular formula is C10H19BrN2S. The highest BCUT2D eigenvalue weighted by molar-refractivity contribution is 9.09. The second kappa shape index (κ2) is 6.01. The molecule has 1 atom stereocenters. The van der Waals surface area contributed by atoms with Crippen molar-refractivity contribution in [3.8, 4) is 0 Å². The Bertz CT molecular complexity index is 206. The number of alkyl halides is 1. The van der Waals surface area contributed by atoms with Crippen molar-refractivity contribution in [1.82, 2.24) is 4.90 Å². The first-order valence-corrected chi connectivity index (χ1v) is 7.11. The minimum atomic E-state index is 0.645. The van der Waals surface area contributed by atoms with Crippen LogP contribution in [0.5, 0.6) is 0 Å². The van der Waals surface area contributed by atoms with Crippen LogP contribution in [-0.2, 0) is 0 Å². The SMILES string of the molecule is CC(C)CCN(C)C1=NCC(CBr)S1. The molecular weight excluding hydrogens is 260 g/mol. The smallest absolute Gasteiger partial charge is 0.159 e. The van der Waals surface area contributed by atoms with E-state index >= 15 is 0 Å². The van der Waals surface area contributed by atoms with Gasteiger partial charge in [-0.25, -0.2) is 0 Å². The molecule has 0 amide bonds. The third-order valence-corrected chi connectivity index (χ3v) is 4.75. The van der Waals surface area contributed by atoms with E-state index in [4.69, 9.17) is 0 Å². The van der Waals surface area contributed by atoms with Crippen molar-refractivity contribution in [2.45, 2.75) is 25.5 Å². The van der Waals surface area contributed by atoms with Crippen LogP contribution in [0.3, 0.4) is 0 Å². The fraction of sp³-hybridized carbons (Fsp3) is 0.900. The van der Waals surface area contributed by atoms with E-state index < -0.39 is 0 Å². The van der Waals surface area contributed by atoms with Crippen LogP contribution in [-0.4, -0.2) is 40.8 Å². The van der Waals surface area contributed by atoms with E-state index in [1.807, 2.05) is 11.8 Å². The lowest BCUT2D eigenvalue weighted by Gasteiger charge is -2.19. The van der Waals surface area contributed by atoms with Crippen molar-refractivity contribution < 1.29 is 0 Å². The lowest BCUT2D eigenvalue weighted by Crippen LogP contribution is -2.25. The van der Waals surface area contributed by atoms with Gasteiger partial charge in [-0.05, 0) is 12.3 Å². The van der Waals surface area contributed by atoms with E-state index in [0.29, 0.717) is 5.25 Å². The number of nitrogens with zero attached hydrogens (tertiary/aromatic N) is 2. The molecule has 1 rings (SSSR count). The molecule has 2 nitrogen and oxygen atoms in total. The summed E-state index contributed by atoms with van der Waals surface area (Å²) in [7, 11) is 2.14. The van der Waals surface area contributed by atoms with Crippen molar-refractivity contribution in [3.05, 3.63) is 0 Å². The Kier molecular flexibility index (Phi) is 5.31. The average Bonchev–Trinajstić information content (AvgIpc) is 2.62. The van der Waals surface area contributed by atoms with Crippen LogP contribution in [0.4, 0.5) is 0 Å². The van der Waals surface area contributed by atoms with Gasteiger partial charge in [0.1, 0.15) is 0 Å². The van der Waals surface area contributed by atoms with Crippen molar-refractivity contribution in [2.24, 2.45) is 10.9 Å². The molecule has 0 aliphatic carbocycles. The standard InChI is InChI=1S/C10H19BrN2S/c1-8(2)4-5-13(3)10-12-7-9(6-11)14-10/h8-9H,4-7H2,1-3H3. The van der Waals surface area contributed by atoms with Crippen LogP contribution in [0, 0.1) is 5.92 Å². The third kappa shape index (κ3) is 3.81. The maximum Gasteiger partial charge on any atom is 0.159 e. The van der Waals surface area contributed by atoms with E-state index in [0.717, 1.165) is 24.3 Å². The van der Waals surface area contributed by atoms with Gasteiger partial charge in [-0.2, -0.15) is 0 Å². The molecule has 0 bridgehead atoms. The lowest BCUT2D eigenvalue weighted by atomic mass is 10.1. The first-order chi connectivity index (χ1) is 6.63. The van der Waals surface area contributed by atoms with Crippen molar-refractivity contribution in [1.29, 1.82) is 0 Å². The summed E-state index contributed by atoms with van der Waals surface area (Å²) in [5.74, 6) is 0.774. The topological polar surface area (TPSA) is 15.6 Å². The van der Waals surface area contributed by atoms with Gasteiger partial charge in [0, 0.05) is 24.2 Å². The Labute approximate surface area is 99.7 Å². The van der Waals surface area contributed by atoms with Crippen molar-refractivity contribution in [3.63, 3.8) is 0 Å². The summed E-state index contributed by atoms with van der Waals surface area (Å²) >= 11 is 5.40. The maximum absolute atomic E-state index is 4.54. The number of thioether (sulfide) groups is 1. The van der Waals surface area contributed by atoms with E-state index in [9.17, 15) is 0 Å². The molecule has 4 heteroatoms. The van der Waals surface area contributed by atoms with E-state index in [1.54, 1.807) is 0 Å². The highest BCUT2D eigenvalue weighted by Crippen LogP contribution is 2.24. The second-order valence-electron chi connectivity index (χ2n) is 4.12. The number of aliphatic imine (C=N–C) groups is 1. The van der Waals surface area contributed by atoms with Crippen LogP contribution in [0.25, 0.3) is 0 Å². The largest absolute Gasteiger partial charge is 0.355 e. The van der Waals surface area contributed by atoms with Gasteiger partial charge in [0.25, 0.3) is 0 Å². The third-order valence-electron chi connectivity index (χ3n) is 2.24. The molecule has 1 aliphatic rings. The Morgan fingerprint density at radius 2 is 2.36 bits per heavy atom. The molecule has 0 radical (unpaired) electrons. The van der Waals surface area contributed by atoms with Gasteiger partial charge in [0.15, 0.2) is 5.17 Å². The monoisotopic (exact) mass is 278 g/mol. The predicted molar refractivity (Wildman–Crippen MR) is 69.6 cm³/mol. The fourth-order valence-electron chi connectivity index (χ4n) is 1.24. The molecule has 14 heavy (non-hydrogen) atoms. The van der Waals surface area contributed by atoms with Crippen molar-refractivity contribution in [2.75, 3.05) is 25.5 Å². The summed E-state index contributed by atoms with van der Waals surface area (Å²) in [6, 6.07) is 0. The summed E-state index contributed by atoms with van der Waals surface area (Å²) in [5.41, 5.74) is 0. The molecule has 0 spiro atoms. The van der Waals surface area contributed by atoms with Crippen LogP contribution in [0.15, 0.2) is 4.99 Å². The molecule has 82 valence electrons. The number of rotatable bonds is 4. The molecule has 0 aromatic heterocycles. The number of hydrogen-bond acceptors (Lipinski definition) is 3. The zero-order chi connectivity index (χ0) is 10.6. The van der Waals surface area contributed by atoms with Gasteiger partial charge < -0.3 is 4.90 Å². The summed E-state index contributed by atoms with van der Waals surface area (Å²) in [4.78, 5) is 6.83. The van der Waals surface area contributed by atoms with Gasteiger partial charge >= 0.3 is 0 Å². The Hall–Kier alpha value is 0.300. The number of halogens is 1. The van der Waals surface area contributed by atoms with Crippen LogP contribution in [0.1, 0.15) is 20.3 Å². The molecule has 0 saturated carbocycles. The van der Waals surface area contributed by atoms with Gasteiger partial charge in [-0.1, -0.05) is 41.5 Å². The van der Waals surface area contributed by atoms with Gasteiger partial charge in [-0.3, -0.25) is 4.99 Å². The predicted octanol–water partition coefficient (Wildman–Crippen LogP) is 2.83. The lowest BCUT2D eigenvalue weighted by molar-refractivity contribution is 0.443. The molecule has 0 fully saturated rings. The quantitative estimate of drug-likeness (QED) is 0.735. The Morgan fingerprint density at radius 1 is 1.64 bits per heavy atom. The Morgan fingerprint density at radius 3 is 2.86 bits per heavy atom. The van der Waals surface area contributed by atoms with Crippen LogP contribution >= 0.6 is 27.7 Å². The van der Waals surface area contributed by atoms with Gasteiger partial charge in [0.05, 0.1) is 6.54 Å². The first-order valence-electron chi connectivity index (χ1n) is 5.11. The Balaban J connectivity index is 2.28. The summed E-state index contributed by atoms with van der Waals surface area (Å²) in [6.07, 6.45) is 1.25.